The molecule has 2 heterocycles. The number of carbonyl (C=O) groups excluding carboxylic acids is 1. The van der Waals surface area contributed by atoms with Crippen molar-refractivity contribution in [1.29, 1.82) is 5.26 Å². The van der Waals surface area contributed by atoms with Gasteiger partial charge in [-0.3, -0.25) is 4.79 Å². The number of nitrogens with one attached hydrogen (secondary N) is 1. The lowest BCUT2D eigenvalue weighted by molar-refractivity contribution is -0.124. The Morgan fingerprint density at radius 3 is 3.00 bits per heavy atom. The molecule has 20 heavy (non-hydrogen) atoms. The van der Waals surface area contributed by atoms with Gasteiger partial charge in [-0.25, -0.2) is 4.39 Å². The molecule has 5 heteroatoms. The zero-order valence-corrected chi connectivity index (χ0v) is 11.1. The van der Waals surface area contributed by atoms with Gasteiger partial charge in [-0.1, -0.05) is 0 Å². The van der Waals surface area contributed by atoms with E-state index in [0.717, 1.165) is 31.6 Å². The molecule has 2 aliphatic rings. The first-order valence-electron chi connectivity index (χ1n) is 6.91. The van der Waals surface area contributed by atoms with E-state index in [0.29, 0.717) is 17.9 Å². The van der Waals surface area contributed by atoms with E-state index in [1.54, 1.807) is 6.07 Å². The Bertz CT molecular complexity index is 581. The van der Waals surface area contributed by atoms with Crippen LogP contribution in [0.4, 0.5) is 10.1 Å². The lowest BCUT2D eigenvalue weighted by Gasteiger charge is -2.42. The van der Waals surface area contributed by atoms with Crippen LogP contribution in [0.15, 0.2) is 18.2 Å². The molecule has 2 fully saturated rings. The van der Waals surface area contributed by atoms with Gasteiger partial charge in [-0.2, -0.15) is 5.26 Å². The number of rotatable bonds is 1. The van der Waals surface area contributed by atoms with E-state index < -0.39 is 0 Å². The monoisotopic (exact) mass is 273 g/mol. The number of carbonyl (C=O) groups is 1. The number of nitrogens with zero attached hydrogens (tertiary/aromatic N) is 2. The average Bonchev–Trinajstić information content (AvgIpc) is 2.46. The minimum Gasteiger partial charge on any atom is -0.371 e. The Balaban J connectivity index is 1.78. The van der Waals surface area contributed by atoms with E-state index in [2.05, 4.69) is 10.2 Å². The van der Waals surface area contributed by atoms with Gasteiger partial charge in [0.25, 0.3) is 0 Å². The van der Waals surface area contributed by atoms with Crippen molar-refractivity contribution in [1.82, 2.24) is 5.32 Å². The first-order valence-corrected chi connectivity index (χ1v) is 6.91. The molecular weight excluding hydrogens is 257 g/mol. The molecule has 104 valence electrons. The van der Waals surface area contributed by atoms with Crippen LogP contribution in [0.1, 0.15) is 24.8 Å². The van der Waals surface area contributed by atoms with E-state index in [9.17, 15) is 9.18 Å². The van der Waals surface area contributed by atoms with Crippen LogP contribution in [0.5, 0.6) is 0 Å². The summed E-state index contributed by atoms with van der Waals surface area (Å²) >= 11 is 0. The van der Waals surface area contributed by atoms with Crippen molar-refractivity contribution < 1.29 is 9.18 Å². The minimum absolute atomic E-state index is 0.136. The predicted molar refractivity (Wildman–Crippen MR) is 72.6 cm³/mol. The fourth-order valence-electron chi connectivity index (χ4n) is 3.17. The van der Waals surface area contributed by atoms with Crippen LogP contribution in [0.2, 0.25) is 0 Å². The Hall–Kier alpha value is -2.09. The molecule has 1 aromatic rings. The molecule has 0 aromatic heterocycles. The fraction of sp³-hybridized carbons (Fsp3) is 0.467. The zero-order valence-electron chi connectivity index (χ0n) is 11.1. The normalized spacial score (nSPS) is 25.6. The first kappa shape index (κ1) is 12.9. The molecule has 1 N–H and O–H groups in total. The van der Waals surface area contributed by atoms with E-state index in [4.69, 9.17) is 5.26 Å². The number of piperidine rings is 2. The molecule has 0 saturated carbocycles. The van der Waals surface area contributed by atoms with Gasteiger partial charge >= 0.3 is 0 Å². The van der Waals surface area contributed by atoms with Crippen molar-refractivity contribution in [3.8, 4) is 6.07 Å². The second-order valence-electron chi connectivity index (χ2n) is 5.52. The summed E-state index contributed by atoms with van der Waals surface area (Å²) in [5, 5.41) is 12.0. The van der Waals surface area contributed by atoms with Crippen molar-refractivity contribution in [3.63, 3.8) is 0 Å². The van der Waals surface area contributed by atoms with Gasteiger partial charge < -0.3 is 10.2 Å². The van der Waals surface area contributed by atoms with E-state index in [1.165, 1.54) is 12.1 Å². The lowest BCUT2D eigenvalue weighted by atomic mass is 9.85. The molecule has 0 bridgehead atoms. The van der Waals surface area contributed by atoms with Crippen LogP contribution in [0.3, 0.4) is 0 Å². The summed E-state index contributed by atoms with van der Waals surface area (Å²) in [4.78, 5) is 13.5. The van der Waals surface area contributed by atoms with Crippen LogP contribution >= 0.6 is 0 Å². The number of halogens is 1. The minimum atomic E-state index is -0.377. The molecule has 1 aromatic carbocycles. The Morgan fingerprint density at radius 1 is 1.35 bits per heavy atom. The summed E-state index contributed by atoms with van der Waals surface area (Å²) in [6.07, 6.45) is 2.32. The number of fused-ring (bicyclic) bond motifs is 1. The molecule has 4 nitrogen and oxygen atoms in total. The van der Waals surface area contributed by atoms with E-state index in [1.807, 2.05) is 6.07 Å². The third kappa shape index (κ3) is 2.46. The summed E-state index contributed by atoms with van der Waals surface area (Å²) in [5.74, 6) is 0.172. The van der Waals surface area contributed by atoms with Crippen LogP contribution in [-0.4, -0.2) is 25.0 Å². The third-order valence-corrected chi connectivity index (χ3v) is 4.20. The van der Waals surface area contributed by atoms with Crippen molar-refractivity contribution >= 4 is 11.6 Å². The zero-order chi connectivity index (χ0) is 14.1. The van der Waals surface area contributed by atoms with Gasteiger partial charge in [0.15, 0.2) is 0 Å². The maximum atomic E-state index is 13.5. The number of hydrogen-bond donors (Lipinski definition) is 1. The van der Waals surface area contributed by atoms with Gasteiger partial charge in [-0.05, 0) is 37.0 Å². The maximum absolute atomic E-state index is 13.5. The Labute approximate surface area is 117 Å². The van der Waals surface area contributed by atoms with Crippen LogP contribution in [0.25, 0.3) is 0 Å². The smallest absolute Gasteiger partial charge is 0.220 e. The quantitative estimate of drug-likeness (QED) is 0.849. The molecule has 2 saturated heterocycles. The maximum Gasteiger partial charge on any atom is 0.220 e. The second kappa shape index (κ2) is 5.12. The number of amides is 1. The van der Waals surface area contributed by atoms with Gasteiger partial charge in [0, 0.05) is 31.2 Å². The van der Waals surface area contributed by atoms with Crippen molar-refractivity contribution in [2.45, 2.75) is 25.3 Å². The molecule has 0 radical (unpaired) electrons. The molecule has 3 rings (SSSR count). The molecule has 2 aliphatic heterocycles. The highest BCUT2D eigenvalue weighted by molar-refractivity contribution is 5.77. The molecule has 0 spiro atoms. The summed E-state index contributed by atoms with van der Waals surface area (Å²) < 4.78 is 13.5. The molecule has 0 aliphatic carbocycles. The van der Waals surface area contributed by atoms with Crippen LogP contribution < -0.4 is 10.2 Å². The fourth-order valence-corrected chi connectivity index (χ4v) is 3.17. The average molecular weight is 273 g/mol. The van der Waals surface area contributed by atoms with Crippen molar-refractivity contribution in [2.24, 2.45) is 5.92 Å². The van der Waals surface area contributed by atoms with E-state index in [-0.39, 0.29) is 17.8 Å². The standard InChI is InChI=1S/C15H16FN3O/c16-12-5-10(8-17)6-13(7-12)19-4-3-14-11(9-19)1-2-15(20)18-14/h5-7,11,14H,1-4,9H2,(H,18,20). The molecule has 2 unspecified atom stereocenters. The molecular formula is C15H16FN3O. The summed E-state index contributed by atoms with van der Waals surface area (Å²) in [7, 11) is 0. The summed E-state index contributed by atoms with van der Waals surface area (Å²) in [6.45, 7) is 1.58. The highest BCUT2D eigenvalue weighted by Gasteiger charge is 2.33. The second-order valence-corrected chi connectivity index (χ2v) is 5.52. The predicted octanol–water partition coefficient (Wildman–Crippen LogP) is 1.80. The Kier molecular flexibility index (Phi) is 3.31. The third-order valence-electron chi connectivity index (χ3n) is 4.20. The Morgan fingerprint density at radius 2 is 2.20 bits per heavy atom. The summed E-state index contributed by atoms with van der Waals surface area (Å²) in [5.41, 5.74) is 1.11. The highest BCUT2D eigenvalue weighted by atomic mass is 19.1. The summed E-state index contributed by atoms with van der Waals surface area (Å²) in [6, 6.07) is 6.68. The van der Waals surface area contributed by atoms with Gasteiger partial charge in [0.1, 0.15) is 5.82 Å². The lowest BCUT2D eigenvalue weighted by Crippen LogP contribution is -2.54. The SMILES string of the molecule is N#Cc1cc(F)cc(N2CCC3NC(=O)CCC3C2)c1. The van der Waals surface area contributed by atoms with Crippen molar-refractivity contribution in [3.05, 3.63) is 29.6 Å². The number of hydrogen-bond acceptors (Lipinski definition) is 3. The molecule has 1 amide bonds. The van der Waals surface area contributed by atoms with Crippen molar-refractivity contribution in [2.75, 3.05) is 18.0 Å². The van der Waals surface area contributed by atoms with Gasteiger partial charge in [-0.15, -0.1) is 0 Å². The molecule has 2 atom stereocenters. The topological polar surface area (TPSA) is 56.1 Å². The van der Waals surface area contributed by atoms with Crippen LogP contribution in [-0.2, 0) is 4.79 Å². The highest BCUT2D eigenvalue weighted by Crippen LogP contribution is 2.29. The van der Waals surface area contributed by atoms with Gasteiger partial charge in [0.2, 0.25) is 5.91 Å². The first-order chi connectivity index (χ1) is 9.65. The van der Waals surface area contributed by atoms with Crippen LogP contribution in [0, 0.1) is 23.1 Å². The number of nitriles is 1. The largest absolute Gasteiger partial charge is 0.371 e. The van der Waals surface area contributed by atoms with E-state index >= 15 is 0 Å². The number of benzene rings is 1. The van der Waals surface area contributed by atoms with Gasteiger partial charge in [0.05, 0.1) is 11.6 Å². The number of anilines is 1.